The van der Waals surface area contributed by atoms with Gasteiger partial charge in [0.15, 0.2) is 0 Å². The summed E-state index contributed by atoms with van der Waals surface area (Å²) in [6.45, 7) is 4.49. The van der Waals surface area contributed by atoms with Gasteiger partial charge in [0, 0.05) is 19.1 Å². The van der Waals surface area contributed by atoms with Gasteiger partial charge >= 0.3 is 0 Å². The highest BCUT2D eigenvalue weighted by molar-refractivity contribution is 6.32. The first-order valence-corrected chi connectivity index (χ1v) is 6.70. The Labute approximate surface area is 112 Å². The molecule has 2 heterocycles. The van der Waals surface area contributed by atoms with E-state index in [1.54, 1.807) is 6.20 Å². The van der Waals surface area contributed by atoms with E-state index in [2.05, 4.69) is 22.4 Å². The molecule has 0 spiro atoms. The fourth-order valence-corrected chi connectivity index (χ4v) is 2.50. The molecule has 0 aliphatic carbocycles. The molecule has 6 heteroatoms. The van der Waals surface area contributed by atoms with Gasteiger partial charge in [0.1, 0.15) is 5.02 Å². The van der Waals surface area contributed by atoms with E-state index < -0.39 is 0 Å². The number of nitrogens with one attached hydrogen (secondary N) is 1. The number of halogens is 1. The molecule has 0 aromatic carbocycles. The summed E-state index contributed by atoms with van der Waals surface area (Å²) in [5.41, 5.74) is 0.417. The lowest BCUT2D eigenvalue weighted by Crippen LogP contribution is -2.40. The molecule has 0 saturated carbocycles. The number of aromatic nitrogens is 2. The van der Waals surface area contributed by atoms with Crippen molar-refractivity contribution in [3.63, 3.8) is 0 Å². The number of aryl methyl sites for hydroxylation is 1. The summed E-state index contributed by atoms with van der Waals surface area (Å²) in [4.78, 5) is 14.1. The molecule has 0 bridgehead atoms. The van der Waals surface area contributed by atoms with Gasteiger partial charge in [-0.05, 0) is 33.4 Å². The minimum Gasteiger partial charge on any atom is -0.378 e. The average molecular weight is 271 g/mol. The van der Waals surface area contributed by atoms with Gasteiger partial charge in [-0.15, -0.1) is 0 Å². The first-order chi connectivity index (χ1) is 8.61. The van der Waals surface area contributed by atoms with E-state index in [-0.39, 0.29) is 10.6 Å². The molecule has 1 unspecified atom stereocenters. The predicted octanol–water partition coefficient (Wildman–Crippen LogP) is 1.42. The molecule has 1 aliphatic heterocycles. The molecule has 1 saturated heterocycles. The van der Waals surface area contributed by atoms with E-state index in [0.717, 1.165) is 25.9 Å². The van der Waals surface area contributed by atoms with E-state index in [1.807, 2.05) is 6.92 Å². The lowest BCUT2D eigenvalue weighted by Gasteiger charge is -2.30. The van der Waals surface area contributed by atoms with Gasteiger partial charge in [0.2, 0.25) is 0 Å². The fourth-order valence-electron chi connectivity index (χ4n) is 2.30. The quantitative estimate of drug-likeness (QED) is 0.903. The number of anilines is 1. The Morgan fingerprint density at radius 2 is 2.39 bits per heavy atom. The molecule has 0 radical (unpaired) electrons. The molecule has 1 N–H and O–H groups in total. The molecule has 1 aliphatic rings. The maximum absolute atomic E-state index is 11.8. The van der Waals surface area contributed by atoms with Crippen LogP contribution in [0, 0.1) is 0 Å². The normalized spacial score (nSPS) is 20.9. The Kier molecular flexibility index (Phi) is 4.24. The Balaban J connectivity index is 2.14. The van der Waals surface area contributed by atoms with E-state index in [4.69, 9.17) is 11.6 Å². The molecule has 1 atom stereocenters. The zero-order valence-corrected chi connectivity index (χ0v) is 11.6. The number of rotatable bonds is 3. The Morgan fingerprint density at radius 3 is 3.06 bits per heavy atom. The first kappa shape index (κ1) is 13.4. The zero-order valence-electron chi connectivity index (χ0n) is 10.8. The predicted molar refractivity (Wildman–Crippen MR) is 73.3 cm³/mol. The number of nitrogens with zero attached hydrogens (tertiary/aromatic N) is 3. The maximum Gasteiger partial charge on any atom is 0.287 e. The lowest BCUT2D eigenvalue weighted by atomic mass is 10.1. The molecule has 18 heavy (non-hydrogen) atoms. The Morgan fingerprint density at radius 1 is 1.61 bits per heavy atom. The number of piperidine rings is 1. The lowest BCUT2D eigenvalue weighted by molar-refractivity contribution is 0.261. The Hall–Kier alpha value is -1.07. The van der Waals surface area contributed by atoms with Gasteiger partial charge in [0.05, 0.1) is 11.9 Å². The van der Waals surface area contributed by atoms with E-state index >= 15 is 0 Å². The molecule has 1 fully saturated rings. The maximum atomic E-state index is 11.8. The molecular formula is C12H19ClN4O. The van der Waals surface area contributed by atoms with Crippen molar-refractivity contribution in [3.8, 4) is 0 Å². The third kappa shape index (κ3) is 2.84. The Bertz CT molecular complexity index is 474. The van der Waals surface area contributed by atoms with Crippen LogP contribution in [0.5, 0.6) is 0 Å². The van der Waals surface area contributed by atoms with Crippen LogP contribution >= 0.6 is 11.6 Å². The second-order valence-corrected chi connectivity index (χ2v) is 5.12. The van der Waals surface area contributed by atoms with Crippen LogP contribution in [0.4, 0.5) is 5.69 Å². The van der Waals surface area contributed by atoms with Gasteiger partial charge in [-0.1, -0.05) is 11.6 Å². The van der Waals surface area contributed by atoms with Crippen molar-refractivity contribution in [1.29, 1.82) is 0 Å². The molecule has 1 aromatic heterocycles. The minimum absolute atomic E-state index is 0.228. The summed E-state index contributed by atoms with van der Waals surface area (Å²) in [6, 6.07) is 0.333. The topological polar surface area (TPSA) is 50.2 Å². The summed E-state index contributed by atoms with van der Waals surface area (Å²) < 4.78 is 1.36. The van der Waals surface area contributed by atoms with Crippen molar-refractivity contribution in [1.82, 2.24) is 14.7 Å². The van der Waals surface area contributed by atoms with Crippen molar-refractivity contribution in [3.05, 3.63) is 21.6 Å². The van der Waals surface area contributed by atoms with Crippen molar-refractivity contribution in [2.24, 2.45) is 0 Å². The summed E-state index contributed by atoms with van der Waals surface area (Å²) in [7, 11) is 2.10. The van der Waals surface area contributed by atoms with Crippen LogP contribution in [-0.4, -0.2) is 40.9 Å². The number of hydrogen-bond donors (Lipinski definition) is 1. The van der Waals surface area contributed by atoms with Crippen LogP contribution in [0.2, 0.25) is 5.02 Å². The van der Waals surface area contributed by atoms with Crippen LogP contribution in [0.3, 0.4) is 0 Å². The molecule has 0 amide bonds. The van der Waals surface area contributed by atoms with Crippen LogP contribution in [0.1, 0.15) is 19.8 Å². The van der Waals surface area contributed by atoms with Crippen LogP contribution in [0.25, 0.3) is 0 Å². The first-order valence-electron chi connectivity index (χ1n) is 6.32. The SMILES string of the molecule is CCn1ncc(NC2CCCN(C)C2)c(Cl)c1=O. The highest BCUT2D eigenvalue weighted by Gasteiger charge is 2.18. The largest absolute Gasteiger partial charge is 0.378 e. The summed E-state index contributed by atoms with van der Waals surface area (Å²) in [6.07, 6.45) is 3.89. The van der Waals surface area contributed by atoms with E-state index in [0.29, 0.717) is 18.3 Å². The zero-order chi connectivity index (χ0) is 13.1. The molecular weight excluding hydrogens is 252 g/mol. The second-order valence-electron chi connectivity index (χ2n) is 4.74. The fraction of sp³-hybridized carbons (Fsp3) is 0.667. The second kappa shape index (κ2) is 5.71. The standard InChI is InChI=1S/C12H19ClN4O/c1-3-17-12(18)11(13)10(7-14-17)15-9-5-4-6-16(2)8-9/h7,9,15H,3-6,8H2,1-2H3. The third-order valence-corrected chi connectivity index (χ3v) is 3.63. The highest BCUT2D eigenvalue weighted by Crippen LogP contribution is 2.19. The van der Waals surface area contributed by atoms with E-state index in [1.165, 1.54) is 4.68 Å². The van der Waals surface area contributed by atoms with Gasteiger partial charge in [-0.2, -0.15) is 5.10 Å². The van der Waals surface area contributed by atoms with Crippen molar-refractivity contribution in [2.75, 3.05) is 25.5 Å². The van der Waals surface area contributed by atoms with Crippen molar-refractivity contribution in [2.45, 2.75) is 32.4 Å². The summed E-state index contributed by atoms with van der Waals surface area (Å²) >= 11 is 6.08. The number of hydrogen-bond acceptors (Lipinski definition) is 4. The highest BCUT2D eigenvalue weighted by atomic mass is 35.5. The van der Waals surface area contributed by atoms with Gasteiger partial charge in [-0.3, -0.25) is 4.79 Å². The molecule has 1 aromatic rings. The van der Waals surface area contributed by atoms with Crippen molar-refractivity contribution < 1.29 is 0 Å². The van der Waals surface area contributed by atoms with Gasteiger partial charge in [-0.25, -0.2) is 4.68 Å². The van der Waals surface area contributed by atoms with Crippen LogP contribution in [0.15, 0.2) is 11.0 Å². The minimum atomic E-state index is -0.228. The number of likely N-dealkylation sites (N-methyl/N-ethyl adjacent to an activating group) is 1. The molecule has 2 rings (SSSR count). The molecule has 5 nitrogen and oxygen atoms in total. The van der Waals surface area contributed by atoms with Gasteiger partial charge in [0.25, 0.3) is 5.56 Å². The van der Waals surface area contributed by atoms with E-state index in [9.17, 15) is 4.79 Å². The average Bonchev–Trinajstić information content (AvgIpc) is 2.35. The van der Waals surface area contributed by atoms with Crippen LogP contribution in [-0.2, 0) is 6.54 Å². The smallest absolute Gasteiger partial charge is 0.287 e. The number of likely N-dealkylation sites (tertiary alicyclic amines) is 1. The summed E-state index contributed by atoms with van der Waals surface area (Å²) in [5, 5.41) is 7.64. The summed E-state index contributed by atoms with van der Waals surface area (Å²) in [5.74, 6) is 0. The van der Waals surface area contributed by atoms with Gasteiger partial charge < -0.3 is 10.2 Å². The monoisotopic (exact) mass is 270 g/mol. The third-order valence-electron chi connectivity index (χ3n) is 3.27. The molecule has 100 valence electrons. The van der Waals surface area contributed by atoms with Crippen molar-refractivity contribution >= 4 is 17.3 Å². The van der Waals surface area contributed by atoms with Crippen LogP contribution < -0.4 is 10.9 Å².